The first-order valence-electron chi connectivity index (χ1n) is 3.33. The molecule has 0 radical (unpaired) electrons. The zero-order valence-corrected chi connectivity index (χ0v) is 6.99. The number of hydrogen-bond donors (Lipinski definition) is 0. The van der Waals surface area contributed by atoms with Crippen molar-refractivity contribution in [3.63, 3.8) is 0 Å². The summed E-state index contributed by atoms with van der Waals surface area (Å²) < 4.78 is 0. The number of hydrogen-bond acceptors (Lipinski definition) is 2. The lowest BCUT2D eigenvalue weighted by Crippen LogP contribution is -1.91. The average Bonchev–Trinajstić information content (AvgIpc) is 2.33. The van der Waals surface area contributed by atoms with E-state index in [2.05, 4.69) is 6.92 Å². The van der Waals surface area contributed by atoms with Gasteiger partial charge in [0.25, 0.3) is 0 Å². The summed E-state index contributed by atoms with van der Waals surface area (Å²) in [5, 5.41) is 1.97. The quantitative estimate of drug-likeness (QED) is 0.598. The Balaban J connectivity index is 3.01. The van der Waals surface area contributed by atoms with Gasteiger partial charge in [-0.15, -0.1) is 11.3 Å². The Morgan fingerprint density at radius 2 is 2.40 bits per heavy atom. The predicted octanol–water partition coefficient (Wildman–Crippen LogP) is 2.51. The van der Waals surface area contributed by atoms with Crippen LogP contribution in [0.25, 0.3) is 0 Å². The molecule has 1 nitrogen and oxygen atoms in total. The molecule has 1 heterocycles. The molecule has 0 aliphatic rings. The number of Topliss-reactive ketones (excluding diaryl/α,β-unsaturated/α-hetero) is 1. The summed E-state index contributed by atoms with van der Waals surface area (Å²) >= 11 is 1.53. The lowest BCUT2D eigenvalue weighted by atomic mass is 10.2. The molecule has 0 atom stereocenters. The summed E-state index contributed by atoms with van der Waals surface area (Å²) in [6.07, 6.45) is 0.957. The van der Waals surface area contributed by atoms with Crippen LogP contribution >= 0.6 is 11.3 Å². The van der Waals surface area contributed by atoms with Crippen molar-refractivity contribution in [2.24, 2.45) is 0 Å². The summed E-state index contributed by atoms with van der Waals surface area (Å²) in [6, 6.07) is 2.02. The largest absolute Gasteiger partial charge is 0.294 e. The highest BCUT2D eigenvalue weighted by atomic mass is 32.1. The van der Waals surface area contributed by atoms with Gasteiger partial charge in [0.15, 0.2) is 5.78 Å². The predicted molar refractivity (Wildman–Crippen MR) is 43.7 cm³/mol. The molecule has 54 valence electrons. The number of carbonyl (C=O) groups is 1. The number of thiophene rings is 1. The van der Waals surface area contributed by atoms with Gasteiger partial charge in [-0.25, -0.2) is 0 Å². The molecule has 10 heavy (non-hydrogen) atoms. The van der Waals surface area contributed by atoms with Crippen LogP contribution in [0.4, 0.5) is 0 Å². The molecule has 0 saturated carbocycles. The van der Waals surface area contributed by atoms with Gasteiger partial charge in [-0.05, 0) is 30.4 Å². The fourth-order valence-electron chi connectivity index (χ4n) is 0.923. The van der Waals surface area contributed by atoms with Gasteiger partial charge in [0.1, 0.15) is 0 Å². The van der Waals surface area contributed by atoms with E-state index < -0.39 is 0 Å². The fourth-order valence-corrected chi connectivity index (χ4v) is 1.82. The van der Waals surface area contributed by atoms with Gasteiger partial charge in [-0.1, -0.05) is 6.92 Å². The molecule has 0 amide bonds. The van der Waals surface area contributed by atoms with Crippen molar-refractivity contribution >= 4 is 17.1 Å². The van der Waals surface area contributed by atoms with Crippen molar-refractivity contribution < 1.29 is 4.79 Å². The van der Waals surface area contributed by atoms with Gasteiger partial charge in [-0.2, -0.15) is 0 Å². The second kappa shape index (κ2) is 2.97. The molecule has 1 aromatic rings. The van der Waals surface area contributed by atoms with Crippen LogP contribution in [-0.2, 0) is 6.42 Å². The van der Waals surface area contributed by atoms with Gasteiger partial charge in [-0.3, -0.25) is 4.79 Å². The van der Waals surface area contributed by atoms with Crippen LogP contribution < -0.4 is 0 Å². The highest BCUT2D eigenvalue weighted by Crippen LogP contribution is 2.17. The van der Waals surface area contributed by atoms with E-state index in [1.54, 1.807) is 6.92 Å². The first-order chi connectivity index (χ1) is 4.75. The second-order valence-electron chi connectivity index (χ2n) is 2.18. The monoisotopic (exact) mass is 154 g/mol. The molecule has 0 N–H and O–H groups in total. The lowest BCUT2D eigenvalue weighted by Gasteiger charge is -1.92. The fraction of sp³-hybridized carbons (Fsp3) is 0.375. The normalized spacial score (nSPS) is 9.80. The van der Waals surface area contributed by atoms with Crippen LogP contribution in [0.1, 0.15) is 29.1 Å². The van der Waals surface area contributed by atoms with Crippen molar-refractivity contribution in [3.8, 4) is 0 Å². The molecule has 0 spiro atoms. The summed E-state index contributed by atoms with van der Waals surface area (Å²) in [7, 11) is 0. The highest BCUT2D eigenvalue weighted by molar-refractivity contribution is 7.12. The molecule has 1 rings (SSSR count). The summed E-state index contributed by atoms with van der Waals surface area (Å²) in [5.41, 5.74) is 1.18. The maximum absolute atomic E-state index is 10.9. The molecule has 0 bridgehead atoms. The Kier molecular flexibility index (Phi) is 2.22. The van der Waals surface area contributed by atoms with E-state index in [0.29, 0.717) is 0 Å². The van der Waals surface area contributed by atoms with Gasteiger partial charge in [0.05, 0.1) is 4.88 Å². The van der Waals surface area contributed by atoms with E-state index in [0.717, 1.165) is 11.3 Å². The Labute approximate surface area is 64.7 Å². The van der Waals surface area contributed by atoms with Crippen molar-refractivity contribution in [3.05, 3.63) is 21.9 Å². The number of rotatable bonds is 2. The molecule has 0 aromatic carbocycles. The van der Waals surface area contributed by atoms with Crippen LogP contribution in [0.3, 0.4) is 0 Å². The van der Waals surface area contributed by atoms with Crippen molar-refractivity contribution in [1.29, 1.82) is 0 Å². The van der Waals surface area contributed by atoms with E-state index in [1.807, 2.05) is 11.4 Å². The van der Waals surface area contributed by atoms with Crippen LogP contribution in [0.15, 0.2) is 11.4 Å². The van der Waals surface area contributed by atoms with Crippen molar-refractivity contribution in [2.45, 2.75) is 20.3 Å². The first kappa shape index (κ1) is 7.48. The van der Waals surface area contributed by atoms with E-state index in [4.69, 9.17) is 0 Å². The third-order valence-corrected chi connectivity index (χ3v) is 2.50. The number of aryl methyl sites for hydroxylation is 1. The minimum atomic E-state index is 0.187. The summed E-state index contributed by atoms with van der Waals surface area (Å²) in [4.78, 5) is 11.8. The molecular weight excluding hydrogens is 144 g/mol. The minimum Gasteiger partial charge on any atom is -0.294 e. The average molecular weight is 154 g/mol. The number of carbonyl (C=O) groups excluding carboxylic acids is 1. The van der Waals surface area contributed by atoms with Crippen LogP contribution in [0.2, 0.25) is 0 Å². The minimum absolute atomic E-state index is 0.187. The van der Waals surface area contributed by atoms with Crippen LogP contribution in [-0.4, -0.2) is 5.78 Å². The zero-order chi connectivity index (χ0) is 7.56. The molecule has 0 saturated heterocycles. The third-order valence-electron chi connectivity index (χ3n) is 1.45. The van der Waals surface area contributed by atoms with Crippen LogP contribution in [0, 0.1) is 0 Å². The smallest absolute Gasteiger partial charge is 0.169 e. The Morgan fingerprint density at radius 1 is 1.70 bits per heavy atom. The maximum Gasteiger partial charge on any atom is 0.169 e. The summed E-state index contributed by atoms with van der Waals surface area (Å²) in [6.45, 7) is 3.68. The molecule has 2 heteroatoms. The Hall–Kier alpha value is -0.630. The molecule has 0 fully saturated rings. The van der Waals surface area contributed by atoms with Gasteiger partial charge in [0, 0.05) is 0 Å². The molecule has 1 aromatic heterocycles. The van der Waals surface area contributed by atoms with Gasteiger partial charge < -0.3 is 0 Å². The van der Waals surface area contributed by atoms with Gasteiger partial charge >= 0.3 is 0 Å². The van der Waals surface area contributed by atoms with E-state index in [-0.39, 0.29) is 5.78 Å². The summed E-state index contributed by atoms with van der Waals surface area (Å²) in [5.74, 6) is 0.187. The first-order valence-corrected chi connectivity index (χ1v) is 4.21. The topological polar surface area (TPSA) is 17.1 Å². The zero-order valence-electron chi connectivity index (χ0n) is 6.18. The standard InChI is InChI=1S/C8H10OS/c1-3-7-4-5-10-8(7)6(2)9/h4-5H,3H2,1-2H3. The van der Waals surface area contributed by atoms with E-state index >= 15 is 0 Å². The van der Waals surface area contributed by atoms with E-state index in [9.17, 15) is 4.79 Å². The third kappa shape index (κ3) is 1.27. The lowest BCUT2D eigenvalue weighted by molar-refractivity contribution is 0.102. The van der Waals surface area contributed by atoms with Crippen LogP contribution in [0.5, 0.6) is 0 Å². The molecule has 0 aliphatic carbocycles. The second-order valence-corrected chi connectivity index (χ2v) is 3.10. The van der Waals surface area contributed by atoms with Gasteiger partial charge in [0.2, 0.25) is 0 Å². The van der Waals surface area contributed by atoms with E-state index in [1.165, 1.54) is 16.9 Å². The van der Waals surface area contributed by atoms with Crippen molar-refractivity contribution in [1.82, 2.24) is 0 Å². The molecular formula is C8H10OS. The van der Waals surface area contributed by atoms with Crippen molar-refractivity contribution in [2.75, 3.05) is 0 Å². The Morgan fingerprint density at radius 3 is 2.80 bits per heavy atom. The Bertz CT molecular complexity index is 237. The number of ketones is 1. The SMILES string of the molecule is CCc1ccsc1C(C)=O. The molecule has 0 aliphatic heterocycles. The maximum atomic E-state index is 10.9. The molecule has 0 unspecified atom stereocenters. The highest BCUT2D eigenvalue weighted by Gasteiger charge is 2.05.